The Morgan fingerprint density at radius 2 is 1.44 bits per heavy atom. The molecular formula is C49H49N5O7. The van der Waals surface area contributed by atoms with Gasteiger partial charge in [0.2, 0.25) is 0 Å². The highest BCUT2D eigenvalue weighted by Crippen LogP contribution is 2.42. The van der Waals surface area contributed by atoms with Gasteiger partial charge in [0.1, 0.15) is 11.5 Å². The number of rotatable bonds is 13. The number of aliphatic hydroxyl groups is 1. The van der Waals surface area contributed by atoms with Gasteiger partial charge < -0.3 is 34.9 Å². The zero-order valence-electron chi connectivity index (χ0n) is 33.9. The predicted octanol–water partition coefficient (Wildman–Crippen LogP) is 9.48. The summed E-state index contributed by atoms with van der Waals surface area (Å²) in [7, 11) is 0. The minimum atomic E-state index is -0.627. The zero-order valence-corrected chi connectivity index (χ0v) is 33.9. The standard InChI is InChI=1S/C49H49N5O7/c1-34-46(32-52-25-27-53(28-26-52)42-19-21-43(22-20-42)54(57)58)60-48(61-47(34)37-15-13-35(33-55)14-16-37)40-10-6-9-39(30-40)38-8-5-7-36(29-38)31-50-49(56)51-41-17-23-45(24-18-41)59-44-11-3-2-4-12-44/h2-24,29-30,34,46-48,55H,25-28,31-33H2,1H3,(H2,50,51,56)/t34-,46+,47+,48+/m0/s1. The van der Waals surface area contributed by atoms with E-state index in [4.69, 9.17) is 14.2 Å². The quantitative estimate of drug-likeness (QED) is 0.0769. The monoisotopic (exact) mass is 819 g/mol. The number of benzene rings is 6. The van der Waals surface area contributed by atoms with Crippen LogP contribution in [0, 0.1) is 16.0 Å². The number of nitro benzene ring substituents is 1. The fourth-order valence-corrected chi connectivity index (χ4v) is 7.87. The Morgan fingerprint density at radius 3 is 2.15 bits per heavy atom. The van der Waals surface area contributed by atoms with E-state index < -0.39 is 6.29 Å². The molecule has 0 aliphatic carbocycles. The number of non-ortho nitro benzene ring substituents is 1. The van der Waals surface area contributed by atoms with Crippen molar-refractivity contribution in [2.24, 2.45) is 5.92 Å². The number of carbonyl (C=O) groups is 1. The Hall–Kier alpha value is -6.57. The van der Waals surface area contributed by atoms with Crippen LogP contribution in [0.2, 0.25) is 0 Å². The molecule has 8 rings (SSSR count). The van der Waals surface area contributed by atoms with Gasteiger partial charge in [0.05, 0.1) is 23.7 Å². The summed E-state index contributed by atoms with van der Waals surface area (Å²) in [5.41, 5.74) is 7.43. The molecule has 0 spiro atoms. The van der Waals surface area contributed by atoms with Gasteiger partial charge in [0.15, 0.2) is 6.29 Å². The van der Waals surface area contributed by atoms with Crippen LogP contribution in [0.25, 0.3) is 11.1 Å². The highest BCUT2D eigenvalue weighted by Gasteiger charge is 2.39. The first-order chi connectivity index (χ1) is 29.8. The molecule has 0 aromatic heterocycles. The number of para-hydroxylation sites is 1. The average Bonchev–Trinajstić information content (AvgIpc) is 3.30. The van der Waals surface area contributed by atoms with Gasteiger partial charge in [-0.25, -0.2) is 4.79 Å². The zero-order chi connectivity index (χ0) is 42.1. The largest absolute Gasteiger partial charge is 0.457 e. The van der Waals surface area contributed by atoms with E-state index in [1.807, 2.05) is 103 Å². The Balaban J connectivity index is 0.922. The average molecular weight is 820 g/mol. The first-order valence-electron chi connectivity index (χ1n) is 20.6. The number of ether oxygens (including phenoxy) is 3. The molecule has 12 heteroatoms. The summed E-state index contributed by atoms with van der Waals surface area (Å²) < 4.78 is 19.5. The van der Waals surface area contributed by atoms with E-state index in [1.54, 1.807) is 24.3 Å². The smallest absolute Gasteiger partial charge is 0.319 e. The third-order valence-corrected chi connectivity index (χ3v) is 11.3. The third-order valence-electron chi connectivity index (χ3n) is 11.3. The van der Waals surface area contributed by atoms with Crippen molar-refractivity contribution < 1.29 is 29.0 Å². The van der Waals surface area contributed by atoms with Crippen LogP contribution in [0.3, 0.4) is 0 Å². The van der Waals surface area contributed by atoms with Crippen LogP contribution in [-0.4, -0.2) is 59.8 Å². The van der Waals surface area contributed by atoms with Crippen LogP contribution < -0.4 is 20.3 Å². The molecule has 2 amide bonds. The fraction of sp³-hybridized carbons (Fsp3) is 0.245. The lowest BCUT2D eigenvalue weighted by Gasteiger charge is -2.44. The van der Waals surface area contributed by atoms with Crippen molar-refractivity contribution in [2.75, 3.05) is 42.9 Å². The van der Waals surface area contributed by atoms with E-state index >= 15 is 0 Å². The molecule has 0 bridgehead atoms. The summed E-state index contributed by atoms with van der Waals surface area (Å²) >= 11 is 0. The van der Waals surface area contributed by atoms with Gasteiger partial charge in [-0.15, -0.1) is 0 Å². The van der Waals surface area contributed by atoms with Crippen LogP contribution in [0.5, 0.6) is 11.5 Å². The number of nitro groups is 1. The maximum Gasteiger partial charge on any atom is 0.319 e. The number of urea groups is 1. The molecule has 12 nitrogen and oxygen atoms in total. The van der Waals surface area contributed by atoms with Crippen molar-refractivity contribution in [3.8, 4) is 22.6 Å². The molecule has 4 atom stereocenters. The molecule has 6 aromatic rings. The summed E-state index contributed by atoms with van der Waals surface area (Å²) in [6.07, 6.45) is -1.02. The number of amides is 2. The number of piperazine rings is 1. The van der Waals surface area contributed by atoms with Gasteiger partial charge in [-0.05, 0) is 88.5 Å². The highest BCUT2D eigenvalue weighted by atomic mass is 16.7. The Morgan fingerprint density at radius 1 is 0.754 bits per heavy atom. The Bertz CT molecular complexity index is 2390. The second-order valence-electron chi connectivity index (χ2n) is 15.5. The van der Waals surface area contributed by atoms with Gasteiger partial charge in [-0.3, -0.25) is 15.0 Å². The summed E-state index contributed by atoms with van der Waals surface area (Å²) in [6.45, 7) is 6.44. The summed E-state index contributed by atoms with van der Waals surface area (Å²) in [5.74, 6) is 1.45. The number of carbonyl (C=O) groups excluding carboxylic acids is 1. The second kappa shape index (κ2) is 19.2. The van der Waals surface area contributed by atoms with Crippen LogP contribution in [0.15, 0.2) is 152 Å². The molecule has 2 aliphatic rings. The lowest BCUT2D eigenvalue weighted by molar-refractivity contribution is -0.384. The van der Waals surface area contributed by atoms with Crippen LogP contribution >= 0.6 is 0 Å². The van der Waals surface area contributed by atoms with Gasteiger partial charge in [0.25, 0.3) is 5.69 Å². The van der Waals surface area contributed by atoms with Crippen molar-refractivity contribution in [3.63, 3.8) is 0 Å². The number of hydrogen-bond acceptors (Lipinski definition) is 9. The van der Waals surface area contributed by atoms with Crippen LogP contribution in [0.4, 0.5) is 21.9 Å². The molecule has 2 fully saturated rings. The summed E-state index contributed by atoms with van der Waals surface area (Å²) in [5, 5.41) is 26.7. The third kappa shape index (κ3) is 10.4. The van der Waals surface area contributed by atoms with Gasteiger partial charge in [-0.2, -0.15) is 0 Å². The minimum absolute atomic E-state index is 0.0285. The number of nitrogens with one attached hydrogen (secondary N) is 2. The maximum absolute atomic E-state index is 12.9. The molecule has 2 saturated heterocycles. The SMILES string of the molecule is C[C@H]1[C@@H](CN2CCN(c3ccc([N+](=O)[O-])cc3)CC2)O[C@@H](c2cccc(-c3cccc(CNC(=O)Nc4ccc(Oc5ccccc5)cc4)c3)c2)O[C@H]1c1ccc(CO)cc1. The lowest BCUT2D eigenvalue weighted by Crippen LogP contribution is -2.51. The topological polar surface area (TPSA) is 139 Å². The molecule has 6 aromatic carbocycles. The van der Waals surface area contributed by atoms with E-state index in [-0.39, 0.29) is 41.4 Å². The summed E-state index contributed by atoms with van der Waals surface area (Å²) in [4.78, 5) is 28.3. The first kappa shape index (κ1) is 41.2. The van der Waals surface area contributed by atoms with E-state index in [9.17, 15) is 20.0 Å². The van der Waals surface area contributed by atoms with E-state index in [0.29, 0.717) is 18.0 Å². The van der Waals surface area contributed by atoms with Gasteiger partial charge in [-0.1, -0.05) is 85.8 Å². The Kier molecular flexibility index (Phi) is 13.0. The molecule has 2 aliphatic heterocycles. The number of anilines is 2. The van der Waals surface area contributed by atoms with Crippen LogP contribution in [0.1, 0.15) is 41.6 Å². The molecular weight excluding hydrogens is 771 g/mol. The van der Waals surface area contributed by atoms with E-state index in [1.165, 1.54) is 0 Å². The van der Waals surface area contributed by atoms with Crippen LogP contribution in [-0.2, 0) is 22.6 Å². The molecule has 0 radical (unpaired) electrons. The number of aliphatic hydroxyl groups excluding tert-OH is 1. The number of hydrogen-bond donors (Lipinski definition) is 3. The normalized spacial score (nSPS) is 19.2. The molecule has 3 N–H and O–H groups in total. The van der Waals surface area contributed by atoms with E-state index in [2.05, 4.69) is 51.6 Å². The van der Waals surface area contributed by atoms with Crippen molar-refractivity contribution >= 4 is 23.1 Å². The molecule has 0 saturated carbocycles. The minimum Gasteiger partial charge on any atom is -0.457 e. The van der Waals surface area contributed by atoms with Crippen molar-refractivity contribution in [1.29, 1.82) is 0 Å². The van der Waals surface area contributed by atoms with Crippen molar-refractivity contribution in [1.82, 2.24) is 10.2 Å². The van der Waals surface area contributed by atoms with E-state index in [0.717, 1.165) is 77.5 Å². The summed E-state index contributed by atoms with van der Waals surface area (Å²) in [6, 6.07) is 47.5. The molecule has 2 heterocycles. The number of nitrogens with zero attached hydrogens (tertiary/aromatic N) is 3. The fourth-order valence-electron chi connectivity index (χ4n) is 7.87. The molecule has 0 unspecified atom stereocenters. The maximum atomic E-state index is 12.9. The predicted molar refractivity (Wildman–Crippen MR) is 235 cm³/mol. The van der Waals surface area contributed by atoms with Gasteiger partial charge >= 0.3 is 6.03 Å². The Labute approximate surface area is 355 Å². The second-order valence-corrected chi connectivity index (χ2v) is 15.5. The first-order valence-corrected chi connectivity index (χ1v) is 20.6. The van der Waals surface area contributed by atoms with Crippen molar-refractivity contribution in [2.45, 2.75) is 38.6 Å². The molecule has 61 heavy (non-hydrogen) atoms. The molecule has 312 valence electrons. The van der Waals surface area contributed by atoms with Gasteiger partial charge in [0, 0.05) is 74.3 Å². The lowest BCUT2D eigenvalue weighted by atomic mass is 9.89. The van der Waals surface area contributed by atoms with Crippen molar-refractivity contribution in [3.05, 3.63) is 184 Å². The highest BCUT2D eigenvalue weighted by molar-refractivity contribution is 5.89.